The number of phenolic OH excluding ortho intramolecular Hbond substituents is 1. The Kier molecular flexibility index (Phi) is 4.96. The average molecular weight is 382 g/mol. The molecule has 3 rings (SSSR count). The van der Waals surface area contributed by atoms with Gasteiger partial charge in [0.1, 0.15) is 18.0 Å². The summed E-state index contributed by atoms with van der Waals surface area (Å²) in [6.45, 7) is 9.68. The zero-order valence-corrected chi connectivity index (χ0v) is 16.9. The number of esters is 2. The van der Waals surface area contributed by atoms with Gasteiger partial charge in [0.15, 0.2) is 0 Å². The fourth-order valence-electron chi connectivity index (χ4n) is 4.34. The van der Waals surface area contributed by atoms with E-state index in [-0.39, 0.29) is 11.7 Å². The Morgan fingerprint density at radius 1 is 0.750 bits per heavy atom. The zero-order valence-electron chi connectivity index (χ0n) is 16.9. The Morgan fingerprint density at radius 2 is 1.11 bits per heavy atom. The number of aryl methyl sites for hydroxylation is 1. The van der Waals surface area contributed by atoms with E-state index in [1.54, 1.807) is 12.1 Å². The number of carbonyl (C=O) groups excluding carboxylic acids is 2. The molecule has 2 aromatic rings. The summed E-state index contributed by atoms with van der Waals surface area (Å²) in [4.78, 5) is 25.1. The lowest BCUT2D eigenvalue weighted by Crippen LogP contribution is -2.69. The van der Waals surface area contributed by atoms with Gasteiger partial charge in [0, 0.05) is 10.8 Å². The second-order valence-corrected chi connectivity index (χ2v) is 8.63. The molecular weight excluding hydrogens is 356 g/mol. The van der Waals surface area contributed by atoms with Crippen molar-refractivity contribution in [2.24, 2.45) is 10.8 Å². The van der Waals surface area contributed by atoms with Gasteiger partial charge < -0.3 is 14.6 Å². The molecule has 0 bridgehead atoms. The molecule has 0 atom stereocenters. The molecule has 5 nitrogen and oxygen atoms in total. The van der Waals surface area contributed by atoms with Gasteiger partial charge in [-0.2, -0.15) is 0 Å². The summed E-state index contributed by atoms with van der Waals surface area (Å²) < 4.78 is 11.6. The second kappa shape index (κ2) is 6.97. The third kappa shape index (κ3) is 3.49. The van der Waals surface area contributed by atoms with E-state index < -0.39 is 29.0 Å². The van der Waals surface area contributed by atoms with Crippen molar-refractivity contribution < 1.29 is 24.2 Å². The largest absolute Gasteiger partial charge is 0.508 e. The highest BCUT2D eigenvalue weighted by molar-refractivity contribution is 5.90. The molecule has 1 fully saturated rings. The van der Waals surface area contributed by atoms with E-state index in [0.717, 1.165) is 5.56 Å². The third-order valence-electron chi connectivity index (χ3n) is 5.54. The summed E-state index contributed by atoms with van der Waals surface area (Å²) in [6, 6.07) is 13.2. The van der Waals surface area contributed by atoms with Crippen LogP contribution in [0.15, 0.2) is 48.5 Å². The van der Waals surface area contributed by atoms with Gasteiger partial charge in [-0.25, -0.2) is 9.59 Å². The van der Waals surface area contributed by atoms with Crippen LogP contribution < -0.4 is 0 Å². The maximum Gasteiger partial charge on any atom is 0.338 e. The predicted octanol–water partition coefficient (Wildman–Crippen LogP) is 4.52. The number of rotatable bonds is 4. The van der Waals surface area contributed by atoms with Gasteiger partial charge in [-0.3, -0.25) is 0 Å². The van der Waals surface area contributed by atoms with Crippen LogP contribution in [0.2, 0.25) is 0 Å². The highest BCUT2D eigenvalue weighted by Crippen LogP contribution is 2.57. The van der Waals surface area contributed by atoms with Crippen LogP contribution in [-0.4, -0.2) is 29.3 Å². The van der Waals surface area contributed by atoms with Gasteiger partial charge in [-0.05, 0) is 43.3 Å². The topological polar surface area (TPSA) is 72.8 Å². The van der Waals surface area contributed by atoms with Crippen LogP contribution in [0.3, 0.4) is 0 Å². The van der Waals surface area contributed by atoms with E-state index in [1.165, 1.54) is 24.3 Å². The highest BCUT2D eigenvalue weighted by Gasteiger charge is 2.66. The Morgan fingerprint density at radius 3 is 1.50 bits per heavy atom. The minimum atomic E-state index is -0.531. The van der Waals surface area contributed by atoms with E-state index in [4.69, 9.17) is 9.47 Å². The fourth-order valence-corrected chi connectivity index (χ4v) is 4.34. The van der Waals surface area contributed by atoms with Gasteiger partial charge in [-0.15, -0.1) is 0 Å². The summed E-state index contributed by atoms with van der Waals surface area (Å²) in [7, 11) is 0. The van der Waals surface area contributed by atoms with Crippen LogP contribution in [-0.2, 0) is 9.47 Å². The summed E-state index contributed by atoms with van der Waals surface area (Å²) in [6.07, 6.45) is -0.816. The standard InChI is InChI=1S/C23H26O5/c1-14-6-8-15(9-7-14)18(25)27-20-22(2,3)21(23(20,4)5)28-19(26)16-10-12-17(24)13-11-16/h6-13,20-21,24H,1-5H3. The maximum atomic E-state index is 12.6. The molecule has 2 aromatic carbocycles. The monoisotopic (exact) mass is 382 g/mol. The van der Waals surface area contributed by atoms with Crippen LogP contribution in [0.1, 0.15) is 54.0 Å². The molecule has 0 saturated heterocycles. The number of benzene rings is 2. The molecule has 0 radical (unpaired) electrons. The first kappa shape index (κ1) is 19.9. The quantitative estimate of drug-likeness (QED) is 0.787. The van der Waals surface area contributed by atoms with Crippen LogP contribution in [0.4, 0.5) is 0 Å². The molecule has 1 aliphatic rings. The molecule has 0 unspecified atom stereocenters. The molecule has 0 spiro atoms. The van der Waals surface area contributed by atoms with E-state index >= 15 is 0 Å². The van der Waals surface area contributed by atoms with E-state index in [0.29, 0.717) is 11.1 Å². The summed E-state index contributed by atoms with van der Waals surface area (Å²) in [5.41, 5.74) is 0.876. The van der Waals surface area contributed by atoms with Crippen LogP contribution in [0.5, 0.6) is 5.75 Å². The van der Waals surface area contributed by atoms with Crippen molar-refractivity contribution in [3.05, 3.63) is 65.2 Å². The highest BCUT2D eigenvalue weighted by atomic mass is 16.6. The van der Waals surface area contributed by atoms with Crippen molar-refractivity contribution in [3.8, 4) is 5.75 Å². The number of hydrogen-bond acceptors (Lipinski definition) is 5. The van der Waals surface area contributed by atoms with Crippen molar-refractivity contribution >= 4 is 11.9 Å². The Bertz CT molecular complexity index is 791. The van der Waals surface area contributed by atoms with Crippen molar-refractivity contribution in [3.63, 3.8) is 0 Å². The lowest BCUT2D eigenvalue weighted by molar-refractivity contribution is -0.246. The first-order valence-corrected chi connectivity index (χ1v) is 9.31. The molecule has 0 aromatic heterocycles. The molecule has 148 valence electrons. The number of phenols is 1. The first-order chi connectivity index (χ1) is 13.0. The van der Waals surface area contributed by atoms with E-state index in [9.17, 15) is 14.7 Å². The van der Waals surface area contributed by atoms with Gasteiger partial charge >= 0.3 is 11.9 Å². The van der Waals surface area contributed by atoms with Gasteiger partial charge in [0.05, 0.1) is 11.1 Å². The minimum absolute atomic E-state index is 0.0870. The molecule has 5 heteroatoms. The predicted molar refractivity (Wildman–Crippen MR) is 105 cm³/mol. The molecule has 1 aliphatic carbocycles. The number of carbonyl (C=O) groups is 2. The molecule has 1 saturated carbocycles. The van der Waals surface area contributed by atoms with E-state index in [1.807, 2.05) is 46.8 Å². The van der Waals surface area contributed by atoms with Crippen LogP contribution in [0, 0.1) is 17.8 Å². The molecule has 0 heterocycles. The molecular formula is C23H26O5. The lowest BCUT2D eigenvalue weighted by Gasteiger charge is -2.61. The number of ether oxygens (including phenoxy) is 2. The smallest absolute Gasteiger partial charge is 0.338 e. The fraction of sp³-hybridized carbons (Fsp3) is 0.391. The number of hydrogen-bond donors (Lipinski definition) is 1. The lowest BCUT2D eigenvalue weighted by atomic mass is 9.51. The third-order valence-corrected chi connectivity index (χ3v) is 5.54. The average Bonchev–Trinajstić information content (AvgIpc) is 2.64. The molecule has 28 heavy (non-hydrogen) atoms. The van der Waals surface area contributed by atoms with Crippen molar-refractivity contribution in [2.75, 3.05) is 0 Å². The Labute approximate surface area is 165 Å². The molecule has 0 aliphatic heterocycles. The minimum Gasteiger partial charge on any atom is -0.508 e. The summed E-state index contributed by atoms with van der Waals surface area (Å²) >= 11 is 0. The molecule has 0 amide bonds. The van der Waals surface area contributed by atoms with Gasteiger partial charge in [-0.1, -0.05) is 45.4 Å². The Hall–Kier alpha value is -2.82. The first-order valence-electron chi connectivity index (χ1n) is 9.31. The van der Waals surface area contributed by atoms with E-state index in [2.05, 4.69) is 0 Å². The van der Waals surface area contributed by atoms with Crippen molar-refractivity contribution in [2.45, 2.75) is 46.8 Å². The SMILES string of the molecule is Cc1ccc(C(=O)OC2C(C)(C)C(OC(=O)c3ccc(O)cc3)C2(C)C)cc1. The summed E-state index contributed by atoms with van der Waals surface area (Å²) in [5.74, 6) is -0.757. The summed E-state index contributed by atoms with van der Waals surface area (Å²) in [5, 5.41) is 9.37. The van der Waals surface area contributed by atoms with Gasteiger partial charge in [0.25, 0.3) is 0 Å². The van der Waals surface area contributed by atoms with Crippen molar-refractivity contribution in [1.82, 2.24) is 0 Å². The molecule has 1 N–H and O–H groups in total. The normalized spacial score (nSPS) is 22.0. The maximum absolute atomic E-state index is 12.6. The zero-order chi connectivity index (χ0) is 20.7. The van der Waals surface area contributed by atoms with Crippen LogP contribution >= 0.6 is 0 Å². The van der Waals surface area contributed by atoms with Crippen LogP contribution in [0.25, 0.3) is 0 Å². The van der Waals surface area contributed by atoms with Crippen molar-refractivity contribution in [1.29, 1.82) is 0 Å². The Balaban J connectivity index is 1.72. The second-order valence-electron chi connectivity index (χ2n) is 8.63. The van der Waals surface area contributed by atoms with Gasteiger partial charge in [0.2, 0.25) is 0 Å². The number of aromatic hydroxyl groups is 1.